The molecule has 0 amide bonds. The van der Waals surface area contributed by atoms with Crippen LogP contribution in [-0.2, 0) is 0 Å². The zero-order valence-electron chi connectivity index (χ0n) is 7.31. The summed E-state index contributed by atoms with van der Waals surface area (Å²) in [5.74, 6) is 0.0734. The molecule has 0 aromatic carbocycles. The van der Waals surface area contributed by atoms with Gasteiger partial charge in [0.25, 0.3) is 0 Å². The van der Waals surface area contributed by atoms with Crippen molar-refractivity contribution in [2.24, 2.45) is 0 Å². The van der Waals surface area contributed by atoms with E-state index >= 15 is 0 Å². The fourth-order valence-electron chi connectivity index (χ4n) is 1.32. The normalized spacial score (nSPS) is 11.5. The Morgan fingerprint density at radius 3 is 3.08 bits per heavy atom. The second kappa shape index (κ2) is 2.94. The molecule has 0 aliphatic carbocycles. The number of pyridine rings is 1. The Morgan fingerprint density at radius 1 is 1.46 bits per heavy atom. The Bertz CT molecular complexity index is 457. The minimum Gasteiger partial charge on any atom is -0.492 e. The molecule has 3 nitrogen and oxygen atoms in total. The molecule has 66 valence electrons. The van der Waals surface area contributed by atoms with Gasteiger partial charge >= 0.3 is 0 Å². The maximum Gasteiger partial charge on any atom is 0.237 e. The van der Waals surface area contributed by atoms with E-state index in [-0.39, 0.29) is 5.88 Å². The van der Waals surface area contributed by atoms with Gasteiger partial charge in [-0.2, -0.15) is 4.98 Å². The first-order chi connectivity index (χ1) is 6.33. The van der Waals surface area contributed by atoms with Crippen molar-refractivity contribution >= 4 is 11.7 Å². The van der Waals surface area contributed by atoms with Crippen LogP contribution in [-0.4, -0.2) is 14.5 Å². The summed E-state index contributed by atoms with van der Waals surface area (Å²) in [5, 5.41) is 9.48. The molecular weight excluding hydrogens is 164 g/mol. The molecule has 0 saturated carbocycles. The van der Waals surface area contributed by atoms with E-state index in [2.05, 4.69) is 4.98 Å². The van der Waals surface area contributed by atoms with Crippen LogP contribution in [0.4, 0.5) is 0 Å². The SMILES string of the molecule is CC=Cc1c(O)nc2ccccn12. The summed E-state index contributed by atoms with van der Waals surface area (Å²) in [6, 6.07) is 5.65. The number of aromatic nitrogens is 2. The van der Waals surface area contributed by atoms with Gasteiger partial charge in [0.2, 0.25) is 5.88 Å². The van der Waals surface area contributed by atoms with Gasteiger partial charge in [-0.05, 0) is 25.1 Å². The van der Waals surface area contributed by atoms with E-state index in [0.717, 1.165) is 11.3 Å². The summed E-state index contributed by atoms with van der Waals surface area (Å²) in [7, 11) is 0. The average Bonchev–Trinajstić information content (AvgIpc) is 2.44. The summed E-state index contributed by atoms with van der Waals surface area (Å²) in [5.41, 5.74) is 1.48. The number of aromatic hydroxyl groups is 1. The summed E-state index contributed by atoms with van der Waals surface area (Å²) < 4.78 is 1.84. The number of hydrogen-bond acceptors (Lipinski definition) is 2. The zero-order chi connectivity index (χ0) is 9.26. The highest BCUT2D eigenvalue weighted by Gasteiger charge is 2.05. The summed E-state index contributed by atoms with van der Waals surface area (Å²) in [6.45, 7) is 1.90. The van der Waals surface area contributed by atoms with Crippen LogP contribution >= 0.6 is 0 Å². The Labute approximate surface area is 76.0 Å². The number of rotatable bonds is 1. The second-order valence-electron chi connectivity index (χ2n) is 2.75. The lowest BCUT2D eigenvalue weighted by molar-refractivity contribution is 0.456. The van der Waals surface area contributed by atoms with Crippen molar-refractivity contribution in [3.63, 3.8) is 0 Å². The van der Waals surface area contributed by atoms with E-state index in [0.29, 0.717) is 0 Å². The van der Waals surface area contributed by atoms with Gasteiger partial charge in [-0.3, -0.25) is 4.40 Å². The number of imidazole rings is 1. The standard InChI is InChI=1S/C10H10N2O/c1-2-5-8-10(13)11-9-6-3-4-7-12(8)9/h2-7,13H,1H3. The van der Waals surface area contributed by atoms with Gasteiger partial charge in [-0.25, -0.2) is 0 Å². The minimum absolute atomic E-state index is 0.0734. The van der Waals surface area contributed by atoms with Gasteiger partial charge in [0.05, 0.1) is 0 Å². The van der Waals surface area contributed by atoms with E-state index in [4.69, 9.17) is 0 Å². The quantitative estimate of drug-likeness (QED) is 0.718. The Kier molecular flexibility index (Phi) is 1.77. The highest BCUT2D eigenvalue weighted by atomic mass is 16.3. The third-order valence-electron chi connectivity index (χ3n) is 1.87. The first kappa shape index (κ1) is 7.86. The molecule has 1 N–H and O–H groups in total. The summed E-state index contributed by atoms with van der Waals surface area (Å²) in [4.78, 5) is 4.00. The first-order valence-electron chi connectivity index (χ1n) is 4.11. The van der Waals surface area contributed by atoms with E-state index in [1.807, 2.05) is 47.9 Å². The van der Waals surface area contributed by atoms with Gasteiger partial charge in [-0.1, -0.05) is 12.1 Å². The van der Waals surface area contributed by atoms with Crippen molar-refractivity contribution in [3.05, 3.63) is 36.2 Å². The minimum atomic E-state index is 0.0734. The summed E-state index contributed by atoms with van der Waals surface area (Å²) >= 11 is 0. The molecule has 0 atom stereocenters. The lowest BCUT2D eigenvalue weighted by Gasteiger charge is -1.93. The van der Waals surface area contributed by atoms with E-state index in [1.54, 1.807) is 0 Å². The third kappa shape index (κ3) is 1.18. The number of hydrogen-bond donors (Lipinski definition) is 1. The van der Waals surface area contributed by atoms with Crippen LogP contribution in [0.3, 0.4) is 0 Å². The van der Waals surface area contributed by atoms with Crippen molar-refractivity contribution in [2.75, 3.05) is 0 Å². The topological polar surface area (TPSA) is 37.5 Å². The molecule has 0 aliphatic heterocycles. The van der Waals surface area contributed by atoms with Crippen LogP contribution in [0.15, 0.2) is 30.5 Å². The molecule has 3 heteroatoms. The van der Waals surface area contributed by atoms with Crippen LogP contribution in [0, 0.1) is 0 Å². The van der Waals surface area contributed by atoms with Gasteiger partial charge in [-0.15, -0.1) is 0 Å². The van der Waals surface area contributed by atoms with E-state index in [1.165, 1.54) is 0 Å². The Balaban J connectivity index is 2.78. The predicted molar refractivity (Wildman–Crippen MR) is 51.6 cm³/mol. The second-order valence-corrected chi connectivity index (χ2v) is 2.75. The maximum absolute atomic E-state index is 9.48. The van der Waals surface area contributed by atoms with E-state index < -0.39 is 0 Å². The molecule has 0 radical (unpaired) electrons. The Hall–Kier alpha value is -1.77. The Morgan fingerprint density at radius 2 is 2.31 bits per heavy atom. The molecule has 0 bridgehead atoms. The molecule has 13 heavy (non-hydrogen) atoms. The average molecular weight is 174 g/mol. The molecule has 0 spiro atoms. The van der Waals surface area contributed by atoms with Gasteiger partial charge in [0.15, 0.2) is 0 Å². The number of fused-ring (bicyclic) bond motifs is 1. The molecule has 0 unspecified atom stereocenters. The fourth-order valence-corrected chi connectivity index (χ4v) is 1.32. The number of nitrogens with zero attached hydrogens (tertiary/aromatic N) is 2. The van der Waals surface area contributed by atoms with Crippen LogP contribution in [0.25, 0.3) is 11.7 Å². The van der Waals surface area contributed by atoms with E-state index in [9.17, 15) is 5.11 Å². The molecule has 2 aromatic heterocycles. The first-order valence-corrected chi connectivity index (χ1v) is 4.11. The monoisotopic (exact) mass is 174 g/mol. The van der Waals surface area contributed by atoms with Crippen LogP contribution < -0.4 is 0 Å². The van der Waals surface area contributed by atoms with Crippen molar-refractivity contribution < 1.29 is 5.11 Å². The van der Waals surface area contributed by atoms with Crippen LogP contribution in [0.2, 0.25) is 0 Å². The highest BCUT2D eigenvalue weighted by Crippen LogP contribution is 2.19. The summed E-state index contributed by atoms with van der Waals surface area (Å²) in [6.07, 6.45) is 5.57. The molecular formula is C10H10N2O. The van der Waals surface area contributed by atoms with Crippen molar-refractivity contribution in [2.45, 2.75) is 6.92 Å². The highest BCUT2D eigenvalue weighted by molar-refractivity contribution is 5.58. The van der Waals surface area contributed by atoms with Gasteiger partial charge in [0, 0.05) is 6.20 Å². The van der Waals surface area contributed by atoms with Crippen molar-refractivity contribution in [3.8, 4) is 5.88 Å². The third-order valence-corrected chi connectivity index (χ3v) is 1.87. The zero-order valence-corrected chi connectivity index (χ0v) is 7.31. The van der Waals surface area contributed by atoms with Crippen molar-refractivity contribution in [1.29, 1.82) is 0 Å². The van der Waals surface area contributed by atoms with Crippen LogP contribution in [0.1, 0.15) is 12.6 Å². The van der Waals surface area contributed by atoms with Crippen LogP contribution in [0.5, 0.6) is 5.88 Å². The maximum atomic E-state index is 9.48. The smallest absolute Gasteiger partial charge is 0.237 e. The fraction of sp³-hybridized carbons (Fsp3) is 0.100. The lowest BCUT2D eigenvalue weighted by Crippen LogP contribution is -1.84. The van der Waals surface area contributed by atoms with Gasteiger partial charge < -0.3 is 5.11 Å². The molecule has 0 aliphatic rings. The molecule has 2 rings (SSSR count). The van der Waals surface area contributed by atoms with Crippen molar-refractivity contribution in [1.82, 2.24) is 9.38 Å². The van der Waals surface area contributed by atoms with Gasteiger partial charge in [0.1, 0.15) is 11.3 Å². The molecule has 2 aromatic rings. The largest absolute Gasteiger partial charge is 0.492 e. The number of allylic oxidation sites excluding steroid dienone is 1. The molecule has 2 heterocycles. The molecule has 0 fully saturated rings. The predicted octanol–water partition coefficient (Wildman–Crippen LogP) is 2.07. The molecule has 0 saturated heterocycles. The lowest BCUT2D eigenvalue weighted by atomic mass is 10.4.